The van der Waals surface area contributed by atoms with Gasteiger partial charge in [0.1, 0.15) is 17.3 Å². The van der Waals surface area contributed by atoms with Gasteiger partial charge in [0.05, 0.1) is 0 Å². The molecule has 0 bridgehead atoms. The van der Waals surface area contributed by atoms with E-state index in [9.17, 15) is 4.79 Å². The summed E-state index contributed by atoms with van der Waals surface area (Å²) >= 11 is 0. The Kier molecular flexibility index (Phi) is 4.06. The molecule has 3 N–H and O–H groups in total. The topological polar surface area (TPSA) is 80.9 Å². The predicted molar refractivity (Wildman–Crippen MR) is 99.4 cm³/mol. The number of hydrogen-bond donors (Lipinski definition) is 2. The Balaban J connectivity index is 1.48. The van der Waals surface area contributed by atoms with E-state index < -0.39 is 0 Å². The Labute approximate surface area is 146 Å². The molecule has 1 aromatic carbocycles. The Morgan fingerprint density at radius 3 is 2.88 bits per heavy atom. The Morgan fingerprint density at radius 2 is 2.08 bits per heavy atom. The monoisotopic (exact) mass is 332 g/mol. The summed E-state index contributed by atoms with van der Waals surface area (Å²) in [6.45, 7) is 0.631. The smallest absolute Gasteiger partial charge is 0.184 e. The zero-order chi connectivity index (χ0) is 17.2. The molecule has 2 aromatic heterocycles. The number of rotatable bonds is 5. The summed E-state index contributed by atoms with van der Waals surface area (Å²) in [5.74, 6) is 1.60. The van der Waals surface area contributed by atoms with Crippen LogP contribution in [0.25, 0.3) is 10.8 Å². The number of Topliss-reactive ketones (excluding diaryl/α,β-unsaturated/α-hetero) is 1. The van der Waals surface area contributed by atoms with E-state index in [0.717, 1.165) is 41.4 Å². The van der Waals surface area contributed by atoms with Crippen LogP contribution in [0.2, 0.25) is 0 Å². The molecular weight excluding hydrogens is 312 g/mol. The average molecular weight is 332 g/mol. The first kappa shape index (κ1) is 15.6. The van der Waals surface area contributed by atoms with Gasteiger partial charge in [0, 0.05) is 24.0 Å². The second-order valence-electron chi connectivity index (χ2n) is 6.51. The number of anilines is 2. The van der Waals surface area contributed by atoms with Crippen molar-refractivity contribution in [3.8, 4) is 0 Å². The second-order valence-corrected chi connectivity index (χ2v) is 6.51. The van der Waals surface area contributed by atoms with E-state index >= 15 is 0 Å². The van der Waals surface area contributed by atoms with Crippen LogP contribution in [0.15, 0.2) is 48.7 Å². The number of ketones is 1. The molecule has 1 aliphatic carbocycles. The lowest BCUT2D eigenvalue weighted by molar-refractivity contribution is 0.0850. The maximum atomic E-state index is 12.3. The molecular formula is C20H20N4O. The fraction of sp³-hybridized carbons (Fsp3) is 0.250. The van der Waals surface area contributed by atoms with Crippen LogP contribution in [-0.2, 0) is 6.54 Å². The van der Waals surface area contributed by atoms with Gasteiger partial charge in [0.25, 0.3) is 0 Å². The molecule has 1 saturated carbocycles. The number of benzene rings is 1. The van der Waals surface area contributed by atoms with Crippen molar-refractivity contribution in [3.05, 3.63) is 59.9 Å². The van der Waals surface area contributed by atoms with E-state index in [1.165, 1.54) is 0 Å². The minimum absolute atomic E-state index is 0.169. The van der Waals surface area contributed by atoms with Crippen LogP contribution in [0.5, 0.6) is 0 Å². The third kappa shape index (κ3) is 3.18. The fourth-order valence-electron chi connectivity index (χ4n) is 3.10. The summed E-state index contributed by atoms with van der Waals surface area (Å²) in [5.41, 5.74) is 7.57. The molecule has 5 nitrogen and oxygen atoms in total. The molecule has 0 spiro atoms. The molecule has 4 rings (SSSR count). The molecule has 2 heterocycles. The molecule has 0 saturated heterocycles. The third-order valence-electron chi connectivity index (χ3n) is 4.81. The number of hydrogen-bond acceptors (Lipinski definition) is 5. The van der Waals surface area contributed by atoms with Gasteiger partial charge in [-0.3, -0.25) is 4.79 Å². The first-order chi connectivity index (χ1) is 12.2. The number of nitrogen functional groups attached to an aromatic ring is 1. The van der Waals surface area contributed by atoms with Gasteiger partial charge in [-0.15, -0.1) is 0 Å². The van der Waals surface area contributed by atoms with Crippen LogP contribution in [0, 0.1) is 5.92 Å². The largest absolute Gasteiger partial charge is 0.383 e. The summed E-state index contributed by atoms with van der Waals surface area (Å²) in [4.78, 5) is 20.9. The molecule has 0 amide bonds. The lowest BCUT2D eigenvalue weighted by Gasteiger charge is -2.23. The number of pyridine rings is 2. The van der Waals surface area contributed by atoms with Crippen molar-refractivity contribution >= 4 is 28.2 Å². The van der Waals surface area contributed by atoms with E-state index in [0.29, 0.717) is 18.1 Å². The van der Waals surface area contributed by atoms with E-state index in [1.807, 2.05) is 30.3 Å². The van der Waals surface area contributed by atoms with Crippen LogP contribution in [0.3, 0.4) is 0 Å². The molecule has 3 aromatic rings. The van der Waals surface area contributed by atoms with Crippen LogP contribution in [-0.4, -0.2) is 15.8 Å². The number of nitrogens with one attached hydrogen (secondary N) is 1. The van der Waals surface area contributed by atoms with Gasteiger partial charge in [-0.05, 0) is 48.1 Å². The standard InChI is InChI=1S/C20H20N4O/c21-20-16-8-7-13(11-15(16)9-10-22-20)12-23-18-6-2-5-17(24-18)19(25)14-3-1-4-14/h2,5-11,14H,1,3-4,12H2,(H2,21,22)(H,23,24). The molecule has 0 radical (unpaired) electrons. The highest BCUT2D eigenvalue weighted by Gasteiger charge is 2.27. The normalized spacial score (nSPS) is 14.2. The van der Waals surface area contributed by atoms with Crippen molar-refractivity contribution in [2.24, 2.45) is 5.92 Å². The molecule has 0 unspecified atom stereocenters. The Morgan fingerprint density at radius 1 is 1.20 bits per heavy atom. The van der Waals surface area contributed by atoms with Crippen LogP contribution in [0.4, 0.5) is 11.6 Å². The lowest BCUT2D eigenvalue weighted by atomic mass is 9.81. The van der Waals surface area contributed by atoms with Gasteiger partial charge < -0.3 is 11.1 Å². The highest BCUT2D eigenvalue weighted by Crippen LogP contribution is 2.29. The summed E-state index contributed by atoms with van der Waals surface area (Å²) < 4.78 is 0. The van der Waals surface area contributed by atoms with E-state index in [4.69, 9.17) is 5.73 Å². The second kappa shape index (κ2) is 6.51. The number of aromatic nitrogens is 2. The van der Waals surface area contributed by atoms with Gasteiger partial charge >= 0.3 is 0 Å². The van der Waals surface area contributed by atoms with Crippen LogP contribution >= 0.6 is 0 Å². The summed E-state index contributed by atoms with van der Waals surface area (Å²) in [6, 6.07) is 13.6. The zero-order valence-electron chi connectivity index (χ0n) is 13.9. The quantitative estimate of drug-likeness (QED) is 0.695. The first-order valence-electron chi connectivity index (χ1n) is 8.59. The average Bonchev–Trinajstić information content (AvgIpc) is 2.59. The number of nitrogens with two attached hydrogens (primary N) is 1. The highest BCUT2D eigenvalue weighted by atomic mass is 16.1. The van der Waals surface area contributed by atoms with Gasteiger partial charge in [0.15, 0.2) is 5.78 Å². The number of nitrogens with zero attached hydrogens (tertiary/aromatic N) is 2. The Bertz CT molecular complexity index is 934. The van der Waals surface area contributed by atoms with Crippen molar-refractivity contribution in [2.45, 2.75) is 25.8 Å². The maximum absolute atomic E-state index is 12.3. The van der Waals surface area contributed by atoms with Crippen LogP contribution in [0.1, 0.15) is 35.3 Å². The van der Waals surface area contributed by atoms with Crippen LogP contribution < -0.4 is 11.1 Å². The molecule has 5 heteroatoms. The number of carbonyl (C=O) groups is 1. The van der Waals surface area contributed by atoms with Gasteiger partial charge in [-0.1, -0.05) is 24.6 Å². The van der Waals surface area contributed by atoms with Crippen molar-refractivity contribution in [3.63, 3.8) is 0 Å². The summed E-state index contributed by atoms with van der Waals surface area (Å²) in [6.07, 6.45) is 4.85. The van der Waals surface area contributed by atoms with E-state index in [2.05, 4.69) is 21.4 Å². The van der Waals surface area contributed by atoms with Crippen molar-refractivity contribution < 1.29 is 4.79 Å². The SMILES string of the molecule is Nc1nccc2cc(CNc3cccc(C(=O)C4CCC4)n3)ccc12. The minimum atomic E-state index is 0.169. The Hall–Kier alpha value is -2.95. The molecule has 1 aliphatic rings. The van der Waals surface area contributed by atoms with Crippen molar-refractivity contribution in [1.82, 2.24) is 9.97 Å². The first-order valence-corrected chi connectivity index (χ1v) is 8.59. The molecule has 0 aliphatic heterocycles. The maximum Gasteiger partial charge on any atom is 0.184 e. The molecule has 126 valence electrons. The molecule has 0 atom stereocenters. The number of fused-ring (bicyclic) bond motifs is 1. The summed E-state index contributed by atoms with van der Waals surface area (Å²) in [5, 5.41) is 5.32. The zero-order valence-corrected chi connectivity index (χ0v) is 13.9. The molecule has 1 fully saturated rings. The van der Waals surface area contributed by atoms with E-state index in [1.54, 1.807) is 12.3 Å². The van der Waals surface area contributed by atoms with Gasteiger partial charge in [-0.2, -0.15) is 0 Å². The lowest BCUT2D eigenvalue weighted by Crippen LogP contribution is -2.23. The van der Waals surface area contributed by atoms with E-state index in [-0.39, 0.29) is 11.7 Å². The third-order valence-corrected chi connectivity index (χ3v) is 4.81. The summed E-state index contributed by atoms with van der Waals surface area (Å²) in [7, 11) is 0. The van der Waals surface area contributed by atoms with Crippen molar-refractivity contribution in [2.75, 3.05) is 11.1 Å². The number of carbonyl (C=O) groups excluding carboxylic acids is 1. The highest BCUT2D eigenvalue weighted by molar-refractivity contribution is 5.96. The van der Waals surface area contributed by atoms with Gasteiger partial charge in [0.2, 0.25) is 0 Å². The minimum Gasteiger partial charge on any atom is -0.383 e. The predicted octanol–water partition coefficient (Wildman–Crippen LogP) is 3.81. The fourth-order valence-corrected chi connectivity index (χ4v) is 3.10. The van der Waals surface area contributed by atoms with Gasteiger partial charge in [-0.25, -0.2) is 9.97 Å². The van der Waals surface area contributed by atoms with Crippen molar-refractivity contribution in [1.29, 1.82) is 0 Å². The molecule has 25 heavy (non-hydrogen) atoms.